The second-order valence-electron chi connectivity index (χ2n) is 5.11. The summed E-state index contributed by atoms with van der Waals surface area (Å²) in [6, 6.07) is 6.72. The number of benzene rings is 1. The molecule has 1 heterocycles. The number of aromatic nitrogens is 2. The molecular weight excluding hydrogens is 365 g/mol. The van der Waals surface area contributed by atoms with Crippen molar-refractivity contribution >= 4 is 41.5 Å². The second kappa shape index (κ2) is 9.93. The molecule has 0 aliphatic rings. The molecule has 2 amide bonds. The van der Waals surface area contributed by atoms with E-state index in [0.29, 0.717) is 17.3 Å². The Morgan fingerprint density at radius 3 is 2.20 bits per heavy atom. The lowest BCUT2D eigenvalue weighted by Gasteiger charge is -2.12. The Kier molecular flexibility index (Phi) is 8.27. The van der Waals surface area contributed by atoms with E-state index in [2.05, 4.69) is 25.9 Å². The first-order valence-electron chi connectivity index (χ1n) is 7.34. The summed E-state index contributed by atoms with van der Waals surface area (Å²) >= 11 is 5.81. The summed E-state index contributed by atoms with van der Waals surface area (Å²) in [6.07, 6.45) is 2.74. The smallest absolute Gasteiger partial charge is 0.276 e. The van der Waals surface area contributed by atoms with E-state index in [9.17, 15) is 9.59 Å². The lowest BCUT2D eigenvalue weighted by Crippen LogP contribution is -2.38. The Morgan fingerprint density at radius 2 is 1.64 bits per heavy atom. The molecule has 9 heteroatoms. The van der Waals surface area contributed by atoms with Crippen LogP contribution in [0.1, 0.15) is 27.9 Å². The highest BCUT2D eigenvalue weighted by Gasteiger charge is 2.20. The fourth-order valence-electron chi connectivity index (χ4n) is 1.83. The predicted molar refractivity (Wildman–Crippen MR) is 99.5 cm³/mol. The minimum Gasteiger partial charge on any atom is -0.349 e. The lowest BCUT2D eigenvalue weighted by molar-refractivity contribution is 0.0930. The van der Waals surface area contributed by atoms with Crippen LogP contribution in [0.3, 0.4) is 0 Å². The van der Waals surface area contributed by atoms with Crippen LogP contribution < -0.4 is 16.0 Å². The molecule has 1 unspecified atom stereocenters. The molecule has 25 heavy (non-hydrogen) atoms. The molecule has 1 aromatic carbocycles. The molecule has 3 N–H and O–H groups in total. The van der Waals surface area contributed by atoms with Crippen molar-refractivity contribution in [1.82, 2.24) is 20.6 Å². The maximum absolute atomic E-state index is 12.4. The van der Waals surface area contributed by atoms with Gasteiger partial charge in [0.2, 0.25) is 0 Å². The highest BCUT2D eigenvalue weighted by molar-refractivity contribution is 6.30. The van der Waals surface area contributed by atoms with E-state index in [0.717, 1.165) is 0 Å². The van der Waals surface area contributed by atoms with Gasteiger partial charge in [-0.25, -0.2) is 9.97 Å². The molecule has 0 saturated carbocycles. The third-order valence-corrected chi connectivity index (χ3v) is 3.54. The van der Waals surface area contributed by atoms with Gasteiger partial charge in [0.05, 0.1) is 0 Å². The summed E-state index contributed by atoms with van der Waals surface area (Å²) in [7, 11) is 1.80. The lowest BCUT2D eigenvalue weighted by atomic mass is 10.2. The molecule has 0 spiro atoms. The maximum atomic E-state index is 12.4. The van der Waals surface area contributed by atoms with Crippen LogP contribution in [-0.2, 0) is 0 Å². The number of hydrogen-bond acceptors (Lipinski definition) is 5. The standard InChI is InChI=1S/C16H18ClN5O2.ClH/c1-10(18-2)9-21-15(23)13-14(20-8-7-19-13)16(24)22-12-5-3-11(17)4-6-12;/h3-8,10,18H,9H2,1-2H3,(H,21,23)(H,22,24);1H. The van der Waals surface area contributed by atoms with Crippen LogP contribution in [0.15, 0.2) is 36.7 Å². The summed E-state index contributed by atoms with van der Waals surface area (Å²) in [4.78, 5) is 32.6. The molecule has 0 radical (unpaired) electrons. The zero-order valence-electron chi connectivity index (χ0n) is 13.7. The van der Waals surface area contributed by atoms with Gasteiger partial charge in [-0.15, -0.1) is 12.4 Å². The van der Waals surface area contributed by atoms with E-state index >= 15 is 0 Å². The molecule has 2 aromatic rings. The number of anilines is 1. The number of nitrogens with zero attached hydrogens (tertiary/aromatic N) is 2. The number of carbonyl (C=O) groups excluding carboxylic acids is 2. The van der Waals surface area contributed by atoms with Crippen LogP contribution >= 0.6 is 24.0 Å². The molecule has 0 fully saturated rings. The number of hydrogen-bond donors (Lipinski definition) is 3. The maximum Gasteiger partial charge on any atom is 0.276 e. The number of amides is 2. The van der Waals surface area contributed by atoms with Crippen molar-refractivity contribution in [1.29, 1.82) is 0 Å². The van der Waals surface area contributed by atoms with Crippen molar-refractivity contribution in [2.45, 2.75) is 13.0 Å². The molecule has 134 valence electrons. The molecule has 1 atom stereocenters. The first-order valence-corrected chi connectivity index (χ1v) is 7.72. The van der Waals surface area contributed by atoms with Crippen molar-refractivity contribution in [2.24, 2.45) is 0 Å². The van der Waals surface area contributed by atoms with Crippen molar-refractivity contribution in [2.75, 3.05) is 18.9 Å². The van der Waals surface area contributed by atoms with Crippen LogP contribution in [0, 0.1) is 0 Å². The third-order valence-electron chi connectivity index (χ3n) is 3.29. The topological polar surface area (TPSA) is 96.0 Å². The largest absolute Gasteiger partial charge is 0.349 e. The third kappa shape index (κ3) is 5.97. The summed E-state index contributed by atoms with van der Waals surface area (Å²) in [6.45, 7) is 2.33. The molecule has 0 saturated heterocycles. The Morgan fingerprint density at radius 1 is 1.08 bits per heavy atom. The van der Waals surface area contributed by atoms with Gasteiger partial charge >= 0.3 is 0 Å². The number of halogens is 2. The average molecular weight is 384 g/mol. The Hall–Kier alpha value is -2.22. The predicted octanol–water partition coefficient (Wildman–Crippen LogP) is 2.14. The number of carbonyl (C=O) groups is 2. The fourth-order valence-corrected chi connectivity index (χ4v) is 1.95. The molecule has 2 rings (SSSR count). The molecule has 0 aliphatic heterocycles. The molecule has 7 nitrogen and oxygen atoms in total. The van der Waals surface area contributed by atoms with Gasteiger partial charge < -0.3 is 16.0 Å². The SMILES string of the molecule is CNC(C)CNC(=O)c1nccnc1C(=O)Nc1ccc(Cl)cc1.Cl. The zero-order chi connectivity index (χ0) is 17.5. The summed E-state index contributed by atoms with van der Waals surface area (Å²) < 4.78 is 0. The van der Waals surface area contributed by atoms with Crippen LogP contribution in [0.4, 0.5) is 5.69 Å². The first kappa shape index (κ1) is 20.8. The summed E-state index contributed by atoms with van der Waals surface area (Å²) in [5, 5.41) is 8.95. The van der Waals surface area contributed by atoms with Gasteiger partial charge in [0, 0.05) is 35.7 Å². The van der Waals surface area contributed by atoms with E-state index in [1.807, 2.05) is 6.92 Å². The van der Waals surface area contributed by atoms with Gasteiger partial charge in [-0.2, -0.15) is 0 Å². The highest BCUT2D eigenvalue weighted by atomic mass is 35.5. The number of likely N-dealkylation sites (N-methyl/N-ethyl adjacent to an activating group) is 1. The Balaban J connectivity index is 0.00000312. The molecule has 1 aromatic heterocycles. The van der Waals surface area contributed by atoms with Gasteiger partial charge in [-0.1, -0.05) is 11.6 Å². The van der Waals surface area contributed by atoms with Crippen LogP contribution in [-0.4, -0.2) is 41.4 Å². The normalized spacial score (nSPS) is 11.2. The van der Waals surface area contributed by atoms with Crippen LogP contribution in [0.25, 0.3) is 0 Å². The van der Waals surface area contributed by atoms with Gasteiger partial charge in [0.15, 0.2) is 11.4 Å². The van der Waals surface area contributed by atoms with Gasteiger partial charge in [-0.05, 0) is 38.2 Å². The van der Waals surface area contributed by atoms with E-state index in [4.69, 9.17) is 11.6 Å². The average Bonchev–Trinajstić information content (AvgIpc) is 2.61. The van der Waals surface area contributed by atoms with Gasteiger partial charge in [0.1, 0.15) is 0 Å². The van der Waals surface area contributed by atoms with Gasteiger partial charge in [0.25, 0.3) is 11.8 Å². The van der Waals surface area contributed by atoms with Gasteiger partial charge in [-0.3, -0.25) is 9.59 Å². The fraction of sp³-hybridized carbons (Fsp3) is 0.250. The summed E-state index contributed by atoms with van der Waals surface area (Å²) in [5.74, 6) is -0.969. The van der Waals surface area contributed by atoms with Crippen molar-refractivity contribution in [3.63, 3.8) is 0 Å². The number of rotatable bonds is 6. The zero-order valence-corrected chi connectivity index (χ0v) is 15.3. The molecular formula is C16H19Cl2N5O2. The quantitative estimate of drug-likeness (QED) is 0.709. The minimum atomic E-state index is -0.516. The Bertz CT molecular complexity index is 725. The van der Waals surface area contributed by atoms with E-state index in [1.165, 1.54) is 12.4 Å². The first-order chi connectivity index (χ1) is 11.5. The minimum absolute atomic E-state index is 0. The second-order valence-corrected chi connectivity index (χ2v) is 5.55. The van der Waals surface area contributed by atoms with E-state index in [-0.39, 0.29) is 29.8 Å². The van der Waals surface area contributed by atoms with Crippen molar-refractivity contribution < 1.29 is 9.59 Å². The van der Waals surface area contributed by atoms with Crippen LogP contribution in [0.2, 0.25) is 5.02 Å². The monoisotopic (exact) mass is 383 g/mol. The Labute approximate surface area is 157 Å². The van der Waals surface area contributed by atoms with Crippen LogP contribution in [0.5, 0.6) is 0 Å². The van der Waals surface area contributed by atoms with E-state index in [1.54, 1.807) is 31.3 Å². The molecule has 0 aliphatic carbocycles. The molecule has 0 bridgehead atoms. The van der Waals surface area contributed by atoms with E-state index < -0.39 is 11.8 Å². The van der Waals surface area contributed by atoms with Crippen molar-refractivity contribution in [3.05, 3.63) is 53.1 Å². The highest BCUT2D eigenvalue weighted by Crippen LogP contribution is 2.14. The van der Waals surface area contributed by atoms with Crippen molar-refractivity contribution in [3.8, 4) is 0 Å². The number of nitrogens with one attached hydrogen (secondary N) is 3. The summed E-state index contributed by atoms with van der Waals surface area (Å²) in [5.41, 5.74) is 0.486.